The first-order valence-corrected chi connectivity index (χ1v) is 7.14. The van der Waals surface area contributed by atoms with E-state index >= 15 is 0 Å². The van der Waals surface area contributed by atoms with E-state index in [2.05, 4.69) is 24.1 Å². The molecule has 1 N–H and O–H groups in total. The van der Waals surface area contributed by atoms with Crippen molar-refractivity contribution < 1.29 is 4.79 Å². The summed E-state index contributed by atoms with van der Waals surface area (Å²) in [5, 5.41) is 2.89. The summed E-state index contributed by atoms with van der Waals surface area (Å²) in [6.07, 6.45) is 5.51. The van der Waals surface area contributed by atoms with Gasteiger partial charge in [0.15, 0.2) is 0 Å². The fourth-order valence-corrected chi connectivity index (χ4v) is 3.25. The van der Waals surface area contributed by atoms with Gasteiger partial charge >= 0.3 is 0 Å². The predicted molar refractivity (Wildman–Crippen MR) is 69.7 cm³/mol. The molecule has 1 aliphatic heterocycles. The topological polar surface area (TPSA) is 32.3 Å². The number of nitrogens with one attached hydrogen (secondary N) is 1. The molecule has 2 aliphatic rings. The molecule has 1 aliphatic carbocycles. The fraction of sp³-hybridized carbons (Fsp3) is 0.929. The zero-order valence-corrected chi connectivity index (χ0v) is 11.2. The first-order chi connectivity index (χ1) is 8.15. The lowest BCUT2D eigenvalue weighted by Crippen LogP contribution is -2.49. The van der Waals surface area contributed by atoms with Crippen LogP contribution in [-0.2, 0) is 4.79 Å². The number of nitrogens with zero attached hydrogens (tertiary/aromatic N) is 1. The van der Waals surface area contributed by atoms with E-state index in [4.69, 9.17) is 0 Å². The molecule has 0 aromatic carbocycles. The zero-order chi connectivity index (χ0) is 12.3. The molecular formula is C14H26N2O. The van der Waals surface area contributed by atoms with Crippen LogP contribution in [0.2, 0.25) is 0 Å². The molecule has 0 spiro atoms. The highest BCUT2D eigenvalue weighted by Gasteiger charge is 2.26. The van der Waals surface area contributed by atoms with Gasteiger partial charge in [-0.15, -0.1) is 0 Å². The lowest BCUT2D eigenvalue weighted by molar-refractivity contribution is -0.124. The third-order valence-electron chi connectivity index (χ3n) is 4.47. The van der Waals surface area contributed by atoms with Crippen LogP contribution in [0, 0.1) is 17.8 Å². The summed E-state index contributed by atoms with van der Waals surface area (Å²) < 4.78 is 0. The molecule has 1 saturated heterocycles. The monoisotopic (exact) mass is 238 g/mol. The maximum atomic E-state index is 11.3. The Labute approximate surface area is 105 Å². The fourth-order valence-electron chi connectivity index (χ4n) is 3.25. The summed E-state index contributed by atoms with van der Waals surface area (Å²) in [6, 6.07) is 0. The van der Waals surface area contributed by atoms with E-state index in [-0.39, 0.29) is 5.91 Å². The lowest BCUT2D eigenvalue weighted by Gasteiger charge is -2.35. The highest BCUT2D eigenvalue weighted by Crippen LogP contribution is 2.33. The summed E-state index contributed by atoms with van der Waals surface area (Å²) in [6.45, 7) is 8.32. The lowest BCUT2D eigenvalue weighted by atomic mass is 9.77. The van der Waals surface area contributed by atoms with Crippen molar-refractivity contribution in [3.63, 3.8) is 0 Å². The van der Waals surface area contributed by atoms with Crippen molar-refractivity contribution in [3.05, 3.63) is 0 Å². The molecule has 0 bridgehead atoms. The van der Waals surface area contributed by atoms with Crippen molar-refractivity contribution in [1.29, 1.82) is 0 Å². The molecule has 98 valence electrons. The Balaban J connectivity index is 1.72. The van der Waals surface area contributed by atoms with Gasteiger partial charge in [-0.25, -0.2) is 0 Å². The Kier molecular flexibility index (Phi) is 4.43. The van der Waals surface area contributed by atoms with Crippen LogP contribution in [0.15, 0.2) is 0 Å². The first-order valence-electron chi connectivity index (χ1n) is 7.14. The van der Waals surface area contributed by atoms with Crippen molar-refractivity contribution in [1.82, 2.24) is 10.2 Å². The van der Waals surface area contributed by atoms with Crippen LogP contribution < -0.4 is 5.32 Å². The number of hydrogen-bond acceptors (Lipinski definition) is 2. The minimum Gasteiger partial charge on any atom is -0.354 e. The van der Waals surface area contributed by atoms with Gasteiger partial charge in [-0.2, -0.15) is 0 Å². The summed E-state index contributed by atoms with van der Waals surface area (Å²) in [4.78, 5) is 13.6. The molecule has 1 amide bonds. The molecule has 0 atom stereocenters. The second kappa shape index (κ2) is 5.85. The van der Waals surface area contributed by atoms with Crippen LogP contribution >= 0.6 is 0 Å². The summed E-state index contributed by atoms with van der Waals surface area (Å²) in [5.74, 6) is 2.82. The van der Waals surface area contributed by atoms with Gasteiger partial charge in [-0.1, -0.05) is 13.8 Å². The summed E-state index contributed by atoms with van der Waals surface area (Å²) >= 11 is 0. The number of carbonyl (C=O) groups is 1. The highest BCUT2D eigenvalue weighted by atomic mass is 16.2. The molecule has 2 rings (SSSR count). The van der Waals surface area contributed by atoms with Crippen molar-refractivity contribution in [2.45, 2.75) is 39.5 Å². The maximum Gasteiger partial charge on any atom is 0.234 e. The normalized spacial score (nSPS) is 31.6. The van der Waals surface area contributed by atoms with E-state index in [1.54, 1.807) is 0 Å². The number of hydrogen-bond donors (Lipinski definition) is 1. The van der Waals surface area contributed by atoms with E-state index in [1.165, 1.54) is 25.7 Å². The average molecular weight is 238 g/mol. The molecule has 3 nitrogen and oxygen atoms in total. The van der Waals surface area contributed by atoms with E-state index in [0.29, 0.717) is 6.54 Å². The number of amides is 1. The Hall–Kier alpha value is -0.570. The third-order valence-corrected chi connectivity index (χ3v) is 4.47. The van der Waals surface area contributed by atoms with Gasteiger partial charge in [-0.3, -0.25) is 9.69 Å². The molecule has 0 aromatic heterocycles. The van der Waals surface area contributed by atoms with Gasteiger partial charge in [0.2, 0.25) is 5.91 Å². The van der Waals surface area contributed by atoms with Crippen molar-refractivity contribution >= 4 is 5.91 Å². The highest BCUT2D eigenvalue weighted by molar-refractivity contribution is 5.78. The van der Waals surface area contributed by atoms with E-state index in [9.17, 15) is 4.79 Å². The Morgan fingerprint density at radius 3 is 2.59 bits per heavy atom. The van der Waals surface area contributed by atoms with Crippen molar-refractivity contribution in [3.8, 4) is 0 Å². The van der Waals surface area contributed by atoms with Gasteiger partial charge in [0.05, 0.1) is 6.54 Å². The molecule has 0 radical (unpaired) electrons. The molecule has 0 aromatic rings. The molecule has 2 fully saturated rings. The standard InChI is InChI=1S/C14H26N2O/c1-11(2)13-5-3-12(4-6-13)9-16-8-7-15-14(17)10-16/h11-13H,3-10H2,1-2H3,(H,15,17)/t12-,13+. The van der Waals surface area contributed by atoms with E-state index < -0.39 is 0 Å². The minimum absolute atomic E-state index is 0.201. The van der Waals surface area contributed by atoms with Crippen LogP contribution in [0.5, 0.6) is 0 Å². The zero-order valence-electron chi connectivity index (χ0n) is 11.2. The van der Waals surface area contributed by atoms with Crippen LogP contribution in [0.25, 0.3) is 0 Å². The van der Waals surface area contributed by atoms with Gasteiger partial charge in [0, 0.05) is 19.6 Å². The van der Waals surface area contributed by atoms with Crippen molar-refractivity contribution in [2.75, 3.05) is 26.2 Å². The van der Waals surface area contributed by atoms with Crippen molar-refractivity contribution in [2.24, 2.45) is 17.8 Å². The average Bonchev–Trinajstić information content (AvgIpc) is 2.29. The number of piperazine rings is 1. The van der Waals surface area contributed by atoms with Crippen LogP contribution in [0.4, 0.5) is 0 Å². The molecule has 1 heterocycles. The van der Waals surface area contributed by atoms with Crippen LogP contribution in [0.1, 0.15) is 39.5 Å². The molecular weight excluding hydrogens is 212 g/mol. The maximum absolute atomic E-state index is 11.3. The van der Waals surface area contributed by atoms with E-state index in [0.717, 1.165) is 37.4 Å². The second-order valence-electron chi connectivity index (χ2n) is 6.11. The molecule has 0 unspecified atom stereocenters. The van der Waals surface area contributed by atoms with E-state index in [1.807, 2.05) is 0 Å². The molecule has 1 saturated carbocycles. The quantitative estimate of drug-likeness (QED) is 0.814. The number of rotatable bonds is 3. The first kappa shape index (κ1) is 12.9. The predicted octanol–water partition coefficient (Wildman–Crippen LogP) is 1.88. The second-order valence-corrected chi connectivity index (χ2v) is 6.11. The summed E-state index contributed by atoms with van der Waals surface area (Å²) in [7, 11) is 0. The van der Waals surface area contributed by atoms with Gasteiger partial charge in [0.1, 0.15) is 0 Å². The van der Waals surface area contributed by atoms with Gasteiger partial charge < -0.3 is 5.32 Å². The third kappa shape index (κ3) is 3.70. The Morgan fingerprint density at radius 2 is 2.00 bits per heavy atom. The number of carbonyl (C=O) groups excluding carboxylic acids is 1. The smallest absolute Gasteiger partial charge is 0.234 e. The minimum atomic E-state index is 0.201. The Bertz CT molecular complexity index is 257. The molecule has 17 heavy (non-hydrogen) atoms. The molecule has 3 heteroatoms. The Morgan fingerprint density at radius 1 is 1.29 bits per heavy atom. The van der Waals surface area contributed by atoms with Crippen LogP contribution in [-0.4, -0.2) is 37.0 Å². The largest absolute Gasteiger partial charge is 0.354 e. The summed E-state index contributed by atoms with van der Waals surface area (Å²) in [5.41, 5.74) is 0. The van der Waals surface area contributed by atoms with Crippen LogP contribution in [0.3, 0.4) is 0 Å². The van der Waals surface area contributed by atoms with Gasteiger partial charge in [-0.05, 0) is 43.4 Å². The SMILES string of the molecule is CC(C)[C@H]1CC[C@@H](CN2CCNC(=O)C2)CC1. The van der Waals surface area contributed by atoms with Gasteiger partial charge in [0.25, 0.3) is 0 Å².